The van der Waals surface area contributed by atoms with Gasteiger partial charge in [-0.2, -0.15) is 14.6 Å². The van der Waals surface area contributed by atoms with Gasteiger partial charge in [-0.1, -0.05) is 17.7 Å². The van der Waals surface area contributed by atoms with Crippen molar-refractivity contribution in [1.29, 1.82) is 0 Å². The summed E-state index contributed by atoms with van der Waals surface area (Å²) in [6.45, 7) is 3.13. The second kappa shape index (κ2) is 7.47. The predicted molar refractivity (Wildman–Crippen MR) is 103 cm³/mol. The SMILES string of the molecule is Cc1c(C)[n+]([O-])c([C@@H](c2c(F)cccc2Cl)C2C(=O)NC(=O)NC2=O)n1-c1ncn[nH]1. The molecule has 31 heavy (non-hydrogen) atoms. The van der Waals surface area contributed by atoms with Gasteiger partial charge in [0.1, 0.15) is 29.7 Å². The fourth-order valence-corrected chi connectivity index (χ4v) is 3.95. The molecule has 0 saturated carbocycles. The standard InChI is InChI=1S/C18H15ClFN7O4/c1-7-8(2)27(31)16(26(7)17-21-6-22-25-17)12(11-9(19)4-3-5-10(11)20)13-14(28)23-18(30)24-15(13)29/h3-6,12-13H,1-2H3,(H,21,22,25)(H2,23,24,28,29,30)/t12-/m0/s1. The van der Waals surface area contributed by atoms with Crippen LogP contribution in [0.3, 0.4) is 0 Å². The Kier molecular flexibility index (Phi) is 4.93. The molecular weight excluding hydrogens is 433 g/mol. The minimum atomic E-state index is -1.68. The van der Waals surface area contributed by atoms with Crippen LogP contribution in [0.15, 0.2) is 24.5 Å². The maximum absolute atomic E-state index is 15.0. The van der Waals surface area contributed by atoms with Gasteiger partial charge in [-0.25, -0.2) is 19.0 Å². The largest absolute Gasteiger partial charge is 0.711 e. The van der Waals surface area contributed by atoms with E-state index < -0.39 is 35.5 Å². The number of carbonyl (C=O) groups is 3. The van der Waals surface area contributed by atoms with Gasteiger partial charge < -0.3 is 5.21 Å². The van der Waals surface area contributed by atoms with Crippen molar-refractivity contribution in [3.8, 4) is 5.95 Å². The molecule has 2 aromatic heterocycles. The Morgan fingerprint density at radius 1 is 1.23 bits per heavy atom. The van der Waals surface area contributed by atoms with Crippen LogP contribution in [0.25, 0.3) is 5.95 Å². The molecule has 0 spiro atoms. The lowest BCUT2D eigenvalue weighted by Crippen LogP contribution is -2.58. The molecule has 4 rings (SSSR count). The van der Waals surface area contributed by atoms with Gasteiger partial charge in [0.05, 0.1) is 0 Å². The summed E-state index contributed by atoms with van der Waals surface area (Å²) in [6.07, 6.45) is 1.20. The maximum Gasteiger partial charge on any atom is 0.328 e. The Hall–Kier alpha value is -3.80. The van der Waals surface area contributed by atoms with Crippen molar-refractivity contribution in [2.45, 2.75) is 19.8 Å². The lowest BCUT2D eigenvalue weighted by molar-refractivity contribution is -0.621. The fourth-order valence-electron chi connectivity index (χ4n) is 3.67. The molecule has 13 heteroatoms. The summed E-state index contributed by atoms with van der Waals surface area (Å²) >= 11 is 6.27. The van der Waals surface area contributed by atoms with Crippen molar-refractivity contribution in [3.05, 3.63) is 63.3 Å². The van der Waals surface area contributed by atoms with E-state index in [-0.39, 0.29) is 28.1 Å². The van der Waals surface area contributed by atoms with E-state index in [1.807, 2.05) is 10.6 Å². The smallest absolute Gasteiger partial charge is 0.328 e. The van der Waals surface area contributed by atoms with Gasteiger partial charge in [0.2, 0.25) is 11.8 Å². The third-order valence-corrected chi connectivity index (χ3v) is 5.51. The van der Waals surface area contributed by atoms with Gasteiger partial charge in [0.25, 0.3) is 5.82 Å². The molecule has 4 amide bonds. The number of rotatable bonds is 4. The number of imide groups is 2. The number of aromatic nitrogens is 5. The Balaban J connectivity index is 2.07. The van der Waals surface area contributed by atoms with Gasteiger partial charge in [-0.05, 0) is 12.1 Å². The van der Waals surface area contributed by atoms with Crippen molar-refractivity contribution in [2.24, 2.45) is 5.92 Å². The average Bonchev–Trinajstić information content (AvgIpc) is 3.29. The Labute approximate surface area is 178 Å². The van der Waals surface area contributed by atoms with Crippen LogP contribution in [0.4, 0.5) is 9.18 Å². The number of benzene rings is 1. The molecule has 1 aromatic carbocycles. The number of urea groups is 1. The number of barbiturate groups is 1. The lowest BCUT2D eigenvalue weighted by atomic mass is 9.82. The number of H-pyrrole nitrogens is 1. The number of aromatic amines is 1. The molecule has 0 unspecified atom stereocenters. The van der Waals surface area contributed by atoms with Crippen LogP contribution in [0.2, 0.25) is 5.02 Å². The number of hydrogen-bond donors (Lipinski definition) is 3. The van der Waals surface area contributed by atoms with E-state index in [0.717, 1.165) is 6.07 Å². The number of halogens is 2. The quantitative estimate of drug-likeness (QED) is 0.305. The van der Waals surface area contributed by atoms with Crippen LogP contribution >= 0.6 is 11.6 Å². The van der Waals surface area contributed by atoms with Crippen LogP contribution < -0.4 is 15.4 Å². The van der Waals surface area contributed by atoms with Crippen molar-refractivity contribution >= 4 is 29.4 Å². The molecule has 1 aliphatic rings. The van der Waals surface area contributed by atoms with Crippen LogP contribution in [0, 0.1) is 30.8 Å². The first-order chi connectivity index (χ1) is 14.7. The Morgan fingerprint density at radius 3 is 2.48 bits per heavy atom. The molecule has 160 valence electrons. The van der Waals surface area contributed by atoms with E-state index >= 15 is 4.39 Å². The number of nitrogens with zero attached hydrogens (tertiary/aromatic N) is 4. The highest BCUT2D eigenvalue weighted by molar-refractivity contribution is 6.31. The summed E-state index contributed by atoms with van der Waals surface area (Å²) < 4.78 is 16.8. The molecule has 0 bridgehead atoms. The van der Waals surface area contributed by atoms with Gasteiger partial charge in [0.15, 0.2) is 5.69 Å². The molecule has 11 nitrogen and oxygen atoms in total. The van der Waals surface area contributed by atoms with E-state index in [9.17, 15) is 19.6 Å². The summed E-state index contributed by atoms with van der Waals surface area (Å²) in [4.78, 5) is 41.0. The van der Waals surface area contributed by atoms with Gasteiger partial charge in [-0.3, -0.25) is 20.2 Å². The number of amides is 4. The number of hydrogen-bond acceptors (Lipinski definition) is 6. The highest BCUT2D eigenvalue weighted by atomic mass is 35.5. The Bertz CT molecular complexity index is 1180. The minimum absolute atomic E-state index is 0.107. The van der Waals surface area contributed by atoms with Crippen LogP contribution in [-0.4, -0.2) is 37.6 Å². The number of nitrogens with one attached hydrogen (secondary N) is 3. The summed E-state index contributed by atoms with van der Waals surface area (Å²) in [5, 5.41) is 23.4. The lowest BCUT2D eigenvalue weighted by Gasteiger charge is -2.28. The molecule has 1 atom stereocenters. The molecule has 1 fully saturated rings. The molecule has 1 saturated heterocycles. The first-order valence-corrected chi connectivity index (χ1v) is 9.36. The number of imidazole rings is 1. The van der Waals surface area contributed by atoms with E-state index in [1.165, 1.54) is 30.0 Å². The third kappa shape index (κ3) is 3.20. The average molecular weight is 448 g/mol. The topological polar surface area (TPSA) is 149 Å². The van der Waals surface area contributed by atoms with E-state index in [2.05, 4.69) is 15.2 Å². The van der Waals surface area contributed by atoms with E-state index in [0.29, 0.717) is 10.4 Å². The summed E-state index contributed by atoms with van der Waals surface area (Å²) in [5.41, 5.74) is 0.375. The molecule has 0 radical (unpaired) electrons. The third-order valence-electron chi connectivity index (χ3n) is 5.18. The highest BCUT2D eigenvalue weighted by Gasteiger charge is 2.49. The highest BCUT2D eigenvalue weighted by Crippen LogP contribution is 2.39. The molecule has 3 heterocycles. The van der Waals surface area contributed by atoms with Crippen molar-refractivity contribution in [3.63, 3.8) is 0 Å². The molecule has 3 N–H and O–H groups in total. The van der Waals surface area contributed by atoms with Crippen molar-refractivity contribution in [1.82, 2.24) is 30.4 Å². The fraction of sp³-hybridized carbons (Fsp3) is 0.222. The number of carbonyl (C=O) groups excluding carboxylic acids is 3. The van der Waals surface area contributed by atoms with Crippen molar-refractivity contribution in [2.75, 3.05) is 0 Å². The van der Waals surface area contributed by atoms with E-state index in [1.54, 1.807) is 6.92 Å². The second-order valence-electron chi connectivity index (χ2n) is 6.87. The maximum atomic E-state index is 15.0. The summed E-state index contributed by atoms with van der Waals surface area (Å²) in [5.74, 6) is -6.12. The first-order valence-electron chi connectivity index (χ1n) is 8.99. The first kappa shape index (κ1) is 20.5. The molecule has 0 aliphatic carbocycles. The van der Waals surface area contributed by atoms with Crippen LogP contribution in [0.1, 0.15) is 28.7 Å². The monoisotopic (exact) mass is 447 g/mol. The molecular formula is C18H15ClFN7O4. The van der Waals surface area contributed by atoms with Crippen LogP contribution in [0.5, 0.6) is 0 Å². The zero-order chi connectivity index (χ0) is 22.4. The second-order valence-corrected chi connectivity index (χ2v) is 7.27. The van der Waals surface area contributed by atoms with Crippen molar-refractivity contribution < 1.29 is 23.5 Å². The minimum Gasteiger partial charge on any atom is -0.711 e. The normalized spacial score (nSPS) is 15.7. The molecule has 1 aliphatic heterocycles. The van der Waals surface area contributed by atoms with Crippen LogP contribution in [-0.2, 0) is 9.59 Å². The van der Waals surface area contributed by atoms with Gasteiger partial charge in [-0.15, -0.1) is 0 Å². The van der Waals surface area contributed by atoms with Gasteiger partial charge >= 0.3 is 12.0 Å². The summed E-state index contributed by atoms with van der Waals surface area (Å²) in [7, 11) is 0. The Morgan fingerprint density at radius 2 is 1.90 bits per heavy atom. The zero-order valence-electron chi connectivity index (χ0n) is 16.1. The zero-order valence-corrected chi connectivity index (χ0v) is 16.9. The molecule has 3 aromatic rings. The van der Waals surface area contributed by atoms with E-state index in [4.69, 9.17) is 11.6 Å². The van der Waals surface area contributed by atoms with Gasteiger partial charge in [0, 0.05) is 24.4 Å². The summed E-state index contributed by atoms with van der Waals surface area (Å²) in [6, 6.07) is 2.79. The predicted octanol–water partition coefficient (Wildman–Crippen LogP) is 0.752.